The first-order valence-electron chi connectivity index (χ1n) is 6.60. The second-order valence-corrected chi connectivity index (χ2v) is 5.33. The van der Waals surface area contributed by atoms with E-state index in [0.717, 1.165) is 5.56 Å². The zero-order valence-electron chi connectivity index (χ0n) is 10.8. The van der Waals surface area contributed by atoms with Crippen LogP contribution in [0, 0.1) is 0 Å². The number of carboxylic acids is 1. The molecule has 3 atom stereocenters. The van der Waals surface area contributed by atoms with Gasteiger partial charge in [-0.25, -0.2) is 4.79 Å². The van der Waals surface area contributed by atoms with Crippen LogP contribution in [0.5, 0.6) is 0 Å². The average molecular weight is 276 g/mol. The number of hydrogen-bond donors (Lipinski definition) is 2. The minimum absolute atomic E-state index is 0.00240. The van der Waals surface area contributed by atoms with Gasteiger partial charge in [0.1, 0.15) is 6.04 Å². The van der Waals surface area contributed by atoms with Gasteiger partial charge in [0.05, 0.1) is 6.04 Å². The third-order valence-electron chi connectivity index (χ3n) is 4.22. The van der Waals surface area contributed by atoms with Gasteiger partial charge >= 0.3 is 12.1 Å². The van der Waals surface area contributed by atoms with Gasteiger partial charge in [0, 0.05) is 19.1 Å². The molecule has 0 unspecified atom stereocenters. The molecule has 2 heterocycles. The first-order chi connectivity index (χ1) is 9.58. The summed E-state index contributed by atoms with van der Waals surface area (Å²) in [5.41, 5.74) is 1.05. The Balaban J connectivity index is 1.82. The van der Waals surface area contributed by atoms with Crippen LogP contribution >= 0.6 is 0 Å². The van der Waals surface area contributed by atoms with Gasteiger partial charge in [-0.1, -0.05) is 30.3 Å². The van der Waals surface area contributed by atoms with Crippen molar-refractivity contribution in [2.24, 2.45) is 0 Å². The third kappa shape index (κ3) is 2.02. The fraction of sp³-hybridized carbons (Fsp3) is 0.429. The molecule has 20 heavy (non-hydrogen) atoms. The van der Waals surface area contributed by atoms with Crippen LogP contribution in [0.3, 0.4) is 0 Å². The number of nitrogens with zero attached hydrogens (tertiary/aromatic N) is 2. The molecule has 2 fully saturated rings. The standard InChI is InChI=1S/C14H16N2O4/c17-13(18)12-11-6-10(8-16(11)14(19)20)15(12)7-9-4-2-1-3-5-9/h1-5,10-12H,6-8H2,(H,17,18)(H,19,20)/t10-,11-,12+/m1/s1. The lowest BCUT2D eigenvalue weighted by Crippen LogP contribution is -2.57. The lowest BCUT2D eigenvalue weighted by Gasteiger charge is -2.37. The maximum absolute atomic E-state index is 11.5. The summed E-state index contributed by atoms with van der Waals surface area (Å²) in [6.45, 7) is 0.947. The summed E-state index contributed by atoms with van der Waals surface area (Å²) in [6, 6.07) is 8.49. The van der Waals surface area contributed by atoms with Crippen LogP contribution in [0.2, 0.25) is 0 Å². The van der Waals surface area contributed by atoms with Crippen LogP contribution < -0.4 is 0 Å². The van der Waals surface area contributed by atoms with Gasteiger partial charge in [0.2, 0.25) is 0 Å². The van der Waals surface area contributed by atoms with Gasteiger partial charge in [0.15, 0.2) is 0 Å². The number of rotatable bonds is 3. The quantitative estimate of drug-likeness (QED) is 0.863. The maximum atomic E-state index is 11.5. The van der Waals surface area contributed by atoms with E-state index in [1.54, 1.807) is 0 Å². The summed E-state index contributed by atoms with van der Waals surface area (Å²) in [4.78, 5) is 25.8. The van der Waals surface area contributed by atoms with Gasteiger partial charge in [-0.3, -0.25) is 9.69 Å². The predicted molar refractivity (Wildman–Crippen MR) is 70.3 cm³/mol. The van der Waals surface area contributed by atoms with Crippen molar-refractivity contribution in [3.63, 3.8) is 0 Å². The van der Waals surface area contributed by atoms with E-state index in [-0.39, 0.29) is 6.04 Å². The van der Waals surface area contributed by atoms with Crippen molar-refractivity contribution in [1.82, 2.24) is 9.80 Å². The molecule has 2 bridgehead atoms. The monoisotopic (exact) mass is 276 g/mol. The zero-order chi connectivity index (χ0) is 14.3. The van der Waals surface area contributed by atoms with Crippen LogP contribution in [0.4, 0.5) is 4.79 Å². The number of likely N-dealkylation sites (tertiary alicyclic amines) is 2. The lowest BCUT2D eigenvalue weighted by atomic mass is 10.1. The molecule has 2 aliphatic heterocycles. The molecule has 106 valence electrons. The number of piperazine rings is 1. The molecule has 1 aromatic rings. The Kier molecular flexibility index (Phi) is 3.10. The third-order valence-corrected chi connectivity index (χ3v) is 4.22. The van der Waals surface area contributed by atoms with Crippen molar-refractivity contribution < 1.29 is 19.8 Å². The zero-order valence-corrected chi connectivity index (χ0v) is 10.8. The number of aliphatic carboxylic acids is 1. The first kappa shape index (κ1) is 12.9. The molecular formula is C14H16N2O4. The van der Waals surface area contributed by atoms with Crippen LogP contribution in [-0.4, -0.2) is 56.7 Å². The lowest BCUT2D eigenvalue weighted by molar-refractivity contribution is -0.145. The van der Waals surface area contributed by atoms with E-state index in [9.17, 15) is 14.7 Å². The highest BCUT2D eigenvalue weighted by Crippen LogP contribution is 2.37. The van der Waals surface area contributed by atoms with Gasteiger partial charge < -0.3 is 15.1 Å². The second-order valence-electron chi connectivity index (χ2n) is 5.33. The van der Waals surface area contributed by atoms with Gasteiger partial charge in [-0.05, 0) is 12.0 Å². The maximum Gasteiger partial charge on any atom is 0.407 e. The van der Waals surface area contributed by atoms with Gasteiger partial charge in [0.25, 0.3) is 0 Å². The molecule has 3 rings (SSSR count). The van der Waals surface area contributed by atoms with Crippen molar-refractivity contribution in [3.05, 3.63) is 35.9 Å². The first-order valence-corrected chi connectivity index (χ1v) is 6.60. The topological polar surface area (TPSA) is 81.1 Å². The molecule has 1 aromatic carbocycles. The van der Waals surface area contributed by atoms with E-state index in [1.807, 2.05) is 35.2 Å². The average Bonchev–Trinajstić information content (AvgIpc) is 2.97. The Morgan fingerprint density at radius 3 is 2.50 bits per heavy atom. The van der Waals surface area contributed by atoms with Gasteiger partial charge in [-0.15, -0.1) is 0 Å². The SMILES string of the molecule is O=C(O)[C@@H]1[C@H]2C[C@H](CN2C(=O)O)N1Cc1ccccc1. The number of carbonyl (C=O) groups is 2. The minimum atomic E-state index is -1.02. The summed E-state index contributed by atoms with van der Waals surface area (Å²) in [6.07, 6.45) is -0.418. The smallest absolute Gasteiger partial charge is 0.407 e. The number of benzene rings is 1. The normalized spacial score (nSPS) is 28.8. The number of amides is 1. The second kappa shape index (κ2) is 4.79. The van der Waals surface area contributed by atoms with E-state index in [0.29, 0.717) is 19.5 Å². The minimum Gasteiger partial charge on any atom is -0.480 e. The van der Waals surface area contributed by atoms with Crippen LogP contribution in [-0.2, 0) is 11.3 Å². The molecule has 0 aliphatic carbocycles. The molecule has 6 heteroatoms. The van der Waals surface area contributed by atoms with E-state index in [1.165, 1.54) is 4.90 Å². The van der Waals surface area contributed by atoms with E-state index >= 15 is 0 Å². The summed E-state index contributed by atoms with van der Waals surface area (Å²) >= 11 is 0. The molecule has 6 nitrogen and oxygen atoms in total. The number of carboxylic acid groups (broad SMARTS) is 2. The van der Waals surface area contributed by atoms with Crippen molar-refractivity contribution in [2.75, 3.05) is 6.54 Å². The van der Waals surface area contributed by atoms with Crippen LogP contribution in [0.15, 0.2) is 30.3 Å². The summed E-state index contributed by atoms with van der Waals surface area (Å²) < 4.78 is 0. The molecule has 0 saturated carbocycles. The molecule has 2 N–H and O–H groups in total. The Bertz CT molecular complexity index is 533. The molecule has 2 saturated heterocycles. The van der Waals surface area contributed by atoms with Gasteiger partial charge in [-0.2, -0.15) is 0 Å². The van der Waals surface area contributed by atoms with Crippen LogP contribution in [0.1, 0.15) is 12.0 Å². The summed E-state index contributed by atoms with van der Waals surface area (Å²) in [5, 5.41) is 18.5. The summed E-state index contributed by atoms with van der Waals surface area (Å²) in [7, 11) is 0. The number of hydrogen-bond acceptors (Lipinski definition) is 3. The Labute approximate surface area is 116 Å². The molecule has 0 spiro atoms. The molecular weight excluding hydrogens is 260 g/mol. The van der Waals surface area contributed by atoms with Crippen molar-refractivity contribution >= 4 is 12.1 Å². The number of fused-ring (bicyclic) bond motifs is 2. The van der Waals surface area contributed by atoms with E-state index < -0.39 is 24.1 Å². The van der Waals surface area contributed by atoms with Crippen molar-refractivity contribution in [3.8, 4) is 0 Å². The predicted octanol–water partition coefficient (Wildman–Crippen LogP) is 1.08. The molecule has 0 aromatic heterocycles. The highest BCUT2D eigenvalue weighted by atomic mass is 16.4. The molecule has 0 radical (unpaired) electrons. The molecule has 1 amide bonds. The highest BCUT2D eigenvalue weighted by molar-refractivity contribution is 5.77. The van der Waals surface area contributed by atoms with Crippen molar-refractivity contribution in [1.29, 1.82) is 0 Å². The fourth-order valence-corrected chi connectivity index (χ4v) is 3.38. The Morgan fingerprint density at radius 1 is 1.20 bits per heavy atom. The van der Waals surface area contributed by atoms with Crippen molar-refractivity contribution in [2.45, 2.75) is 31.1 Å². The van der Waals surface area contributed by atoms with E-state index in [2.05, 4.69) is 0 Å². The Hall–Kier alpha value is -2.08. The largest absolute Gasteiger partial charge is 0.480 e. The van der Waals surface area contributed by atoms with Crippen LogP contribution in [0.25, 0.3) is 0 Å². The summed E-state index contributed by atoms with van der Waals surface area (Å²) in [5.74, 6) is -0.945. The highest BCUT2D eigenvalue weighted by Gasteiger charge is 2.54. The Morgan fingerprint density at radius 2 is 1.90 bits per heavy atom. The van der Waals surface area contributed by atoms with E-state index in [4.69, 9.17) is 5.11 Å². The fourth-order valence-electron chi connectivity index (χ4n) is 3.38. The molecule has 2 aliphatic rings.